The molecular weight excluding hydrogens is 392 g/mol. The first-order chi connectivity index (χ1) is 14.1. The third-order valence-electron chi connectivity index (χ3n) is 3.73. The molecule has 3 aromatic rings. The molecule has 2 aromatic carbocycles. The number of esters is 1. The summed E-state index contributed by atoms with van der Waals surface area (Å²) in [4.78, 5) is 12.4. The minimum Gasteiger partial charge on any atom is -0.497 e. The summed E-state index contributed by atoms with van der Waals surface area (Å²) < 4.78 is 11.8. The molecule has 0 aliphatic heterocycles. The highest BCUT2D eigenvalue weighted by Gasteiger charge is 2.20. The monoisotopic (exact) mass is 412 g/mol. The van der Waals surface area contributed by atoms with Gasteiger partial charge >= 0.3 is 5.97 Å². The summed E-state index contributed by atoms with van der Waals surface area (Å²) in [6.45, 7) is 3.95. The Kier molecular flexibility index (Phi) is 6.80. The van der Waals surface area contributed by atoms with Crippen LogP contribution in [0.15, 0.2) is 58.8 Å². The first-order valence-corrected chi connectivity index (χ1v) is 9.60. The number of aromatic nitrogens is 4. The molecule has 150 valence electrons. The Labute approximate surface area is 172 Å². The van der Waals surface area contributed by atoms with Crippen LogP contribution in [0.3, 0.4) is 0 Å². The summed E-state index contributed by atoms with van der Waals surface area (Å²) in [5, 5.41) is 16.4. The predicted octanol–water partition coefficient (Wildman–Crippen LogP) is 3.06. The van der Waals surface area contributed by atoms with E-state index in [1.807, 2.05) is 31.2 Å². The Morgan fingerprint density at radius 3 is 2.55 bits per heavy atom. The number of tetrazole rings is 1. The molecule has 0 aliphatic carbocycles. The van der Waals surface area contributed by atoms with Crippen LogP contribution in [0.1, 0.15) is 12.5 Å². The highest BCUT2D eigenvalue weighted by Crippen LogP contribution is 2.22. The lowest BCUT2D eigenvalue weighted by molar-refractivity contribution is -0.134. The fourth-order valence-electron chi connectivity index (χ4n) is 2.26. The van der Waals surface area contributed by atoms with Gasteiger partial charge in [-0.3, -0.25) is 5.43 Å². The molecule has 3 rings (SSSR count). The average molecular weight is 412 g/mol. The number of aryl methyl sites for hydroxylation is 1. The minimum atomic E-state index is -0.572. The Hall–Kier alpha value is -3.40. The second kappa shape index (κ2) is 9.69. The SMILES string of the molecule is CCOC(=O)/C(=N/Nc1ccc(OC)cc1)Sc1nnnn1-c1ccc(C)cc1. The van der Waals surface area contributed by atoms with E-state index in [0.29, 0.717) is 10.8 Å². The number of carbonyl (C=O) groups is 1. The van der Waals surface area contributed by atoms with E-state index in [-0.39, 0.29) is 11.7 Å². The third kappa shape index (κ3) is 5.32. The van der Waals surface area contributed by atoms with Crippen molar-refractivity contribution in [2.75, 3.05) is 19.1 Å². The van der Waals surface area contributed by atoms with Crippen molar-refractivity contribution in [3.63, 3.8) is 0 Å². The number of hydrogen-bond acceptors (Lipinski definition) is 9. The molecule has 0 saturated heterocycles. The maximum Gasteiger partial charge on any atom is 0.365 e. The molecule has 29 heavy (non-hydrogen) atoms. The smallest absolute Gasteiger partial charge is 0.365 e. The number of hydrazone groups is 1. The molecule has 0 spiro atoms. The van der Waals surface area contributed by atoms with Gasteiger partial charge in [0.15, 0.2) is 0 Å². The van der Waals surface area contributed by atoms with Crippen molar-refractivity contribution in [2.45, 2.75) is 19.0 Å². The van der Waals surface area contributed by atoms with Crippen molar-refractivity contribution >= 4 is 28.5 Å². The molecule has 1 aromatic heterocycles. The van der Waals surface area contributed by atoms with Crippen LogP contribution in [0.5, 0.6) is 5.75 Å². The fraction of sp³-hybridized carbons (Fsp3) is 0.211. The summed E-state index contributed by atoms with van der Waals surface area (Å²) in [5.41, 5.74) is 5.43. The van der Waals surface area contributed by atoms with Crippen molar-refractivity contribution in [3.05, 3.63) is 54.1 Å². The molecule has 0 fully saturated rings. The van der Waals surface area contributed by atoms with E-state index in [9.17, 15) is 4.79 Å². The van der Waals surface area contributed by atoms with Crippen molar-refractivity contribution in [1.29, 1.82) is 0 Å². The van der Waals surface area contributed by atoms with Gasteiger partial charge in [0, 0.05) is 0 Å². The summed E-state index contributed by atoms with van der Waals surface area (Å²) >= 11 is 1.01. The van der Waals surface area contributed by atoms with Gasteiger partial charge in [0.1, 0.15) is 5.75 Å². The maximum atomic E-state index is 12.4. The van der Waals surface area contributed by atoms with Crippen LogP contribution in [-0.4, -0.2) is 44.9 Å². The molecule has 1 N–H and O–H groups in total. The zero-order valence-electron chi connectivity index (χ0n) is 16.2. The first-order valence-electron chi connectivity index (χ1n) is 8.79. The highest BCUT2D eigenvalue weighted by molar-refractivity contribution is 8.15. The number of benzene rings is 2. The van der Waals surface area contributed by atoms with Crippen LogP contribution in [0.2, 0.25) is 0 Å². The molecule has 0 bridgehead atoms. The molecule has 10 heteroatoms. The fourth-order valence-corrected chi connectivity index (χ4v) is 2.97. The Morgan fingerprint density at radius 2 is 1.90 bits per heavy atom. The summed E-state index contributed by atoms with van der Waals surface area (Å²) in [6.07, 6.45) is 0. The Balaban J connectivity index is 1.83. The summed E-state index contributed by atoms with van der Waals surface area (Å²) in [7, 11) is 1.59. The molecule has 0 unspecified atom stereocenters. The van der Waals surface area contributed by atoms with Crippen molar-refractivity contribution in [3.8, 4) is 11.4 Å². The van der Waals surface area contributed by atoms with E-state index in [2.05, 4.69) is 26.1 Å². The number of hydrogen-bond donors (Lipinski definition) is 1. The molecule has 0 amide bonds. The molecule has 1 heterocycles. The lowest BCUT2D eigenvalue weighted by atomic mass is 10.2. The van der Waals surface area contributed by atoms with E-state index < -0.39 is 5.97 Å². The van der Waals surface area contributed by atoms with E-state index in [4.69, 9.17) is 9.47 Å². The summed E-state index contributed by atoms with van der Waals surface area (Å²) in [5.74, 6) is 0.147. The maximum absolute atomic E-state index is 12.4. The highest BCUT2D eigenvalue weighted by atomic mass is 32.2. The van der Waals surface area contributed by atoms with Crippen molar-refractivity contribution < 1.29 is 14.3 Å². The van der Waals surface area contributed by atoms with Crippen LogP contribution in [0.4, 0.5) is 5.69 Å². The molecule has 9 nitrogen and oxygen atoms in total. The van der Waals surface area contributed by atoms with E-state index >= 15 is 0 Å². The Morgan fingerprint density at radius 1 is 1.17 bits per heavy atom. The van der Waals surface area contributed by atoms with E-state index in [1.54, 1.807) is 38.3 Å². The van der Waals surface area contributed by atoms with Gasteiger partial charge in [-0.05, 0) is 72.4 Å². The lowest BCUT2D eigenvalue weighted by Crippen LogP contribution is -2.17. The number of carbonyl (C=O) groups excluding carboxylic acids is 1. The first kappa shape index (κ1) is 20.3. The van der Waals surface area contributed by atoms with E-state index in [0.717, 1.165) is 28.8 Å². The Bertz CT molecular complexity index is 986. The van der Waals surface area contributed by atoms with Gasteiger partial charge < -0.3 is 9.47 Å². The van der Waals surface area contributed by atoms with Crippen LogP contribution in [-0.2, 0) is 9.53 Å². The van der Waals surface area contributed by atoms with Gasteiger partial charge in [0.25, 0.3) is 0 Å². The van der Waals surface area contributed by atoms with Crippen LogP contribution in [0, 0.1) is 6.92 Å². The molecule has 0 radical (unpaired) electrons. The number of nitrogens with zero attached hydrogens (tertiary/aromatic N) is 5. The van der Waals surface area contributed by atoms with Crippen molar-refractivity contribution in [2.24, 2.45) is 5.10 Å². The normalized spacial score (nSPS) is 11.2. The van der Waals surface area contributed by atoms with Gasteiger partial charge in [-0.15, -0.1) is 5.10 Å². The number of methoxy groups -OCH3 is 1. The average Bonchev–Trinajstić information content (AvgIpc) is 3.20. The summed E-state index contributed by atoms with van der Waals surface area (Å²) in [6, 6.07) is 14.8. The van der Waals surface area contributed by atoms with Gasteiger partial charge in [0.2, 0.25) is 10.2 Å². The standard InChI is InChI=1S/C19H20N6O3S/c1-4-28-18(26)17(21-20-14-7-11-16(27-3)12-8-14)29-19-22-23-24-25(19)15-9-5-13(2)6-10-15/h5-12,20H,4H2,1-3H3/b21-17-. The zero-order chi connectivity index (χ0) is 20.6. The number of rotatable bonds is 6. The largest absolute Gasteiger partial charge is 0.497 e. The molecule has 0 aliphatic rings. The molecule has 0 atom stereocenters. The van der Waals surface area contributed by atoms with Crippen LogP contribution < -0.4 is 10.2 Å². The van der Waals surface area contributed by atoms with E-state index in [1.165, 1.54) is 4.68 Å². The van der Waals surface area contributed by atoms with Crippen LogP contribution >= 0.6 is 11.8 Å². The molecular formula is C19H20N6O3S. The quantitative estimate of drug-likeness (QED) is 0.217. The number of ether oxygens (including phenoxy) is 2. The number of thioether (sulfide) groups is 1. The van der Waals surface area contributed by atoms with Crippen LogP contribution in [0.25, 0.3) is 5.69 Å². The third-order valence-corrected chi connectivity index (χ3v) is 4.62. The number of nitrogens with one attached hydrogen (secondary N) is 1. The minimum absolute atomic E-state index is 0.0748. The lowest BCUT2D eigenvalue weighted by Gasteiger charge is -2.08. The van der Waals surface area contributed by atoms with Gasteiger partial charge in [0.05, 0.1) is 25.1 Å². The van der Waals surface area contributed by atoms with Gasteiger partial charge in [-0.2, -0.15) is 9.78 Å². The predicted molar refractivity (Wildman–Crippen MR) is 110 cm³/mol. The number of anilines is 1. The van der Waals surface area contributed by atoms with Crippen molar-refractivity contribution in [1.82, 2.24) is 20.2 Å². The topological polar surface area (TPSA) is 104 Å². The van der Waals surface area contributed by atoms with Gasteiger partial charge in [-0.25, -0.2) is 4.79 Å². The zero-order valence-corrected chi connectivity index (χ0v) is 17.0. The second-order valence-electron chi connectivity index (χ2n) is 5.79. The second-order valence-corrected chi connectivity index (χ2v) is 6.74. The molecule has 0 saturated carbocycles. The van der Waals surface area contributed by atoms with Gasteiger partial charge in [-0.1, -0.05) is 17.7 Å².